The molecule has 1 aliphatic rings. The second-order valence-electron chi connectivity index (χ2n) is 5.96. The number of nitrogen functional groups attached to an aromatic ring is 1. The quantitative estimate of drug-likeness (QED) is 0.359. The maximum Gasteiger partial charge on any atom is 0.335 e. The van der Waals surface area contributed by atoms with Crippen molar-refractivity contribution in [2.24, 2.45) is 5.73 Å². The molecule has 2 aromatic heterocycles. The summed E-state index contributed by atoms with van der Waals surface area (Å²) in [6, 6.07) is -2.05. The van der Waals surface area contributed by atoms with E-state index in [-0.39, 0.29) is 17.0 Å². The van der Waals surface area contributed by atoms with Crippen LogP contribution in [0.4, 0.5) is 5.82 Å². The number of carbonyl (C=O) groups excluding carboxylic acids is 1. The lowest BCUT2D eigenvalue weighted by Crippen LogP contribution is -2.54. The van der Waals surface area contributed by atoms with Gasteiger partial charge in [0.15, 0.2) is 23.8 Å². The van der Waals surface area contributed by atoms with Crippen molar-refractivity contribution in [2.45, 2.75) is 30.5 Å². The number of amides is 1. The fourth-order valence-electron chi connectivity index (χ4n) is 2.86. The molecule has 0 radical (unpaired) electrons. The predicted molar refractivity (Wildman–Crippen MR) is 95.6 cm³/mol. The fourth-order valence-corrected chi connectivity index (χ4v) is 3.37. The van der Waals surface area contributed by atoms with E-state index in [1.54, 1.807) is 6.26 Å². The third-order valence-corrected chi connectivity index (χ3v) is 4.86. The molecule has 13 heteroatoms. The Labute approximate surface area is 157 Å². The van der Waals surface area contributed by atoms with Gasteiger partial charge in [-0.15, -0.1) is 0 Å². The van der Waals surface area contributed by atoms with E-state index in [0.717, 1.165) is 0 Å². The normalized spacial score (nSPS) is 26.2. The molecular weight excluding hydrogens is 378 g/mol. The molecule has 1 fully saturated rings. The van der Waals surface area contributed by atoms with Gasteiger partial charge in [-0.3, -0.25) is 9.36 Å². The third-order valence-electron chi connectivity index (χ3n) is 4.17. The van der Waals surface area contributed by atoms with Crippen LogP contribution in [0.1, 0.15) is 6.23 Å². The van der Waals surface area contributed by atoms with Gasteiger partial charge in [-0.1, -0.05) is 0 Å². The number of hydrogen-bond acceptors (Lipinski definition) is 10. The Morgan fingerprint density at radius 3 is 2.85 bits per heavy atom. The van der Waals surface area contributed by atoms with Crippen LogP contribution in [0.15, 0.2) is 12.7 Å². The van der Waals surface area contributed by atoms with Crippen molar-refractivity contribution in [3.63, 3.8) is 0 Å². The smallest absolute Gasteiger partial charge is 0.335 e. The Morgan fingerprint density at radius 1 is 1.44 bits per heavy atom. The maximum absolute atomic E-state index is 12.2. The zero-order valence-electron chi connectivity index (χ0n) is 14.2. The summed E-state index contributed by atoms with van der Waals surface area (Å²) in [4.78, 5) is 35.7. The van der Waals surface area contributed by atoms with Gasteiger partial charge in [0.25, 0.3) is 0 Å². The summed E-state index contributed by atoms with van der Waals surface area (Å²) in [6.45, 7) is 0. The Hall–Kier alpha value is -2.48. The molecule has 3 rings (SSSR count). The lowest BCUT2D eigenvalue weighted by atomic mass is 10.1. The number of rotatable bonds is 6. The van der Waals surface area contributed by atoms with E-state index in [2.05, 4.69) is 20.3 Å². The zero-order valence-corrected chi connectivity index (χ0v) is 15.0. The lowest BCUT2D eigenvalue weighted by molar-refractivity contribution is -0.152. The number of thioether (sulfide) groups is 1. The number of aliphatic hydroxyl groups is 1. The van der Waals surface area contributed by atoms with E-state index in [1.165, 1.54) is 29.0 Å². The van der Waals surface area contributed by atoms with Crippen molar-refractivity contribution in [3.05, 3.63) is 12.7 Å². The highest BCUT2D eigenvalue weighted by Crippen LogP contribution is 2.32. The van der Waals surface area contributed by atoms with E-state index >= 15 is 0 Å². The molecule has 2 aromatic rings. The first-order valence-corrected chi connectivity index (χ1v) is 9.28. The highest BCUT2D eigenvalue weighted by atomic mass is 32.2. The van der Waals surface area contributed by atoms with Gasteiger partial charge < -0.3 is 31.7 Å². The van der Waals surface area contributed by atoms with Gasteiger partial charge in [-0.2, -0.15) is 11.8 Å². The minimum absolute atomic E-state index is 0.133. The summed E-state index contributed by atoms with van der Waals surface area (Å²) < 4.78 is 6.84. The number of carbonyl (C=O) groups is 2. The van der Waals surface area contributed by atoms with Gasteiger partial charge in [-0.05, 0) is 6.26 Å². The molecule has 1 aliphatic heterocycles. The molecule has 1 saturated heterocycles. The Bertz CT molecular complexity index is 861. The second kappa shape index (κ2) is 7.64. The zero-order chi connectivity index (χ0) is 19.7. The average molecular weight is 397 g/mol. The highest BCUT2D eigenvalue weighted by Gasteiger charge is 2.49. The molecule has 0 spiro atoms. The number of nitrogens with two attached hydrogens (primary N) is 2. The summed E-state index contributed by atoms with van der Waals surface area (Å²) in [6.07, 6.45) is 0.303. The molecule has 0 saturated carbocycles. The first-order chi connectivity index (χ1) is 12.8. The minimum atomic E-state index is -1.48. The van der Waals surface area contributed by atoms with Crippen LogP contribution in [0.2, 0.25) is 0 Å². The van der Waals surface area contributed by atoms with Crippen molar-refractivity contribution < 1.29 is 24.5 Å². The number of aliphatic carboxylic acids is 1. The van der Waals surface area contributed by atoms with Crippen LogP contribution in [0, 0.1) is 0 Å². The highest BCUT2D eigenvalue weighted by molar-refractivity contribution is 7.98. The summed E-state index contributed by atoms with van der Waals surface area (Å²) in [5, 5.41) is 22.6. The standard InChI is InChI=1S/C14H19N7O5S/c1-27-2-5(15)12(23)20-6-8(22)13(26-9(6)14(24)25)21-4-19-7-10(16)17-3-18-11(7)21/h3-6,8-9,13,22H,2,15H2,1H3,(H,20,23)(H,24,25)(H2,16,17,18)/t5-,6-,8+,9-,13+/m0/s1. The van der Waals surface area contributed by atoms with E-state index in [1.807, 2.05) is 0 Å². The minimum Gasteiger partial charge on any atom is -0.479 e. The number of carboxylic acids is 1. The van der Waals surface area contributed by atoms with Gasteiger partial charge in [0.05, 0.1) is 18.4 Å². The molecular formula is C14H19N7O5S. The average Bonchev–Trinajstić information content (AvgIpc) is 3.18. The number of fused-ring (bicyclic) bond motifs is 1. The SMILES string of the molecule is CSC[C@H](N)C(=O)N[C@H]1[C@@H](O)[C@H](n2cnc3c(N)ncnc32)O[C@@H]1C(=O)O. The van der Waals surface area contributed by atoms with Gasteiger partial charge in [0.2, 0.25) is 5.91 Å². The predicted octanol–water partition coefficient (Wildman–Crippen LogP) is -2.07. The third kappa shape index (κ3) is 3.53. The Kier molecular flexibility index (Phi) is 5.46. The van der Waals surface area contributed by atoms with E-state index < -0.39 is 42.4 Å². The topological polar surface area (TPSA) is 191 Å². The van der Waals surface area contributed by atoms with Crippen LogP contribution >= 0.6 is 11.8 Å². The van der Waals surface area contributed by atoms with Crippen LogP contribution in [0.5, 0.6) is 0 Å². The van der Waals surface area contributed by atoms with Crippen molar-refractivity contribution in [1.29, 1.82) is 0 Å². The van der Waals surface area contributed by atoms with Crippen LogP contribution in [-0.4, -0.2) is 77.9 Å². The van der Waals surface area contributed by atoms with Crippen LogP contribution in [0.25, 0.3) is 11.2 Å². The maximum atomic E-state index is 12.2. The Balaban J connectivity index is 1.89. The molecule has 5 atom stereocenters. The largest absolute Gasteiger partial charge is 0.479 e. The van der Waals surface area contributed by atoms with Gasteiger partial charge >= 0.3 is 5.97 Å². The number of anilines is 1. The van der Waals surface area contributed by atoms with Crippen LogP contribution < -0.4 is 16.8 Å². The van der Waals surface area contributed by atoms with Crippen molar-refractivity contribution in [1.82, 2.24) is 24.8 Å². The number of aliphatic hydroxyl groups excluding tert-OH is 1. The molecule has 0 bridgehead atoms. The summed E-state index contributed by atoms with van der Waals surface area (Å²) >= 11 is 1.37. The molecule has 7 N–H and O–H groups in total. The van der Waals surface area contributed by atoms with Crippen molar-refractivity contribution >= 4 is 40.6 Å². The molecule has 27 heavy (non-hydrogen) atoms. The van der Waals surface area contributed by atoms with Crippen molar-refractivity contribution in [2.75, 3.05) is 17.7 Å². The molecule has 0 unspecified atom stereocenters. The summed E-state index contributed by atoms with van der Waals surface area (Å²) in [5.74, 6) is -1.43. The molecule has 0 aliphatic carbocycles. The number of hydrogen-bond donors (Lipinski definition) is 5. The molecule has 0 aromatic carbocycles. The molecule has 12 nitrogen and oxygen atoms in total. The number of aromatic nitrogens is 4. The van der Waals surface area contributed by atoms with E-state index in [9.17, 15) is 19.8 Å². The van der Waals surface area contributed by atoms with E-state index in [4.69, 9.17) is 16.2 Å². The molecule has 3 heterocycles. The first-order valence-electron chi connectivity index (χ1n) is 7.89. The number of imidazole rings is 1. The van der Waals surface area contributed by atoms with E-state index in [0.29, 0.717) is 5.75 Å². The lowest BCUT2D eigenvalue weighted by Gasteiger charge is -2.21. The summed E-state index contributed by atoms with van der Waals surface area (Å²) in [7, 11) is 0. The molecule has 1 amide bonds. The number of nitrogens with zero attached hydrogens (tertiary/aromatic N) is 4. The number of ether oxygens (including phenoxy) is 1. The first kappa shape index (κ1) is 19.3. The van der Waals surface area contributed by atoms with Crippen LogP contribution in [-0.2, 0) is 14.3 Å². The van der Waals surface area contributed by atoms with Gasteiger partial charge in [0, 0.05) is 5.75 Å². The van der Waals surface area contributed by atoms with Gasteiger partial charge in [0.1, 0.15) is 17.9 Å². The summed E-state index contributed by atoms with van der Waals surface area (Å²) in [5.41, 5.74) is 12.0. The monoisotopic (exact) mass is 397 g/mol. The molecule has 146 valence electrons. The second-order valence-corrected chi connectivity index (χ2v) is 6.87. The number of nitrogens with one attached hydrogen (secondary N) is 1. The van der Waals surface area contributed by atoms with Gasteiger partial charge in [-0.25, -0.2) is 19.7 Å². The number of carboxylic acid groups (broad SMARTS) is 1. The van der Waals surface area contributed by atoms with Crippen molar-refractivity contribution in [3.8, 4) is 0 Å². The Morgan fingerprint density at radius 2 is 2.19 bits per heavy atom. The van der Waals surface area contributed by atoms with Crippen LogP contribution in [0.3, 0.4) is 0 Å². The fraction of sp³-hybridized carbons (Fsp3) is 0.500.